The fourth-order valence-electron chi connectivity index (χ4n) is 2.81. The maximum Gasteiger partial charge on any atom is 0.229 e. The van der Waals surface area contributed by atoms with E-state index in [0.717, 1.165) is 19.6 Å². The first-order valence-electron chi connectivity index (χ1n) is 6.73. The molecule has 2 heterocycles. The average molecular weight is 240 g/mol. The van der Waals surface area contributed by atoms with Gasteiger partial charge in [-0.1, -0.05) is 20.8 Å². The molecule has 1 amide bonds. The Balaban J connectivity index is 1.95. The van der Waals surface area contributed by atoms with Gasteiger partial charge in [0.1, 0.15) is 0 Å². The molecule has 4 nitrogen and oxygen atoms in total. The van der Waals surface area contributed by atoms with E-state index in [9.17, 15) is 4.79 Å². The van der Waals surface area contributed by atoms with Crippen molar-refractivity contribution < 1.29 is 9.53 Å². The zero-order valence-corrected chi connectivity index (χ0v) is 11.1. The lowest BCUT2D eigenvalue weighted by Crippen LogP contribution is -2.45. The summed E-state index contributed by atoms with van der Waals surface area (Å²) in [6, 6.07) is 0.207. The Kier molecular flexibility index (Phi) is 4.05. The third-order valence-electron chi connectivity index (χ3n) is 4.16. The fourth-order valence-corrected chi connectivity index (χ4v) is 2.81. The summed E-state index contributed by atoms with van der Waals surface area (Å²) in [4.78, 5) is 14.5. The van der Waals surface area contributed by atoms with Crippen LogP contribution in [0.4, 0.5) is 0 Å². The van der Waals surface area contributed by atoms with Crippen molar-refractivity contribution in [2.45, 2.75) is 26.8 Å². The Morgan fingerprint density at radius 1 is 1.29 bits per heavy atom. The van der Waals surface area contributed by atoms with Gasteiger partial charge in [0.05, 0.1) is 19.1 Å². The van der Waals surface area contributed by atoms with Crippen molar-refractivity contribution in [3.05, 3.63) is 0 Å². The predicted octanol–water partition coefficient (Wildman–Crippen LogP) is 0.725. The van der Waals surface area contributed by atoms with Crippen LogP contribution in [0.1, 0.15) is 20.8 Å². The summed E-state index contributed by atoms with van der Waals surface area (Å²) in [5, 5.41) is 3.35. The van der Waals surface area contributed by atoms with Crippen molar-refractivity contribution in [1.29, 1.82) is 0 Å². The van der Waals surface area contributed by atoms with E-state index in [-0.39, 0.29) is 17.9 Å². The zero-order chi connectivity index (χ0) is 12.4. The monoisotopic (exact) mass is 240 g/mol. The van der Waals surface area contributed by atoms with Gasteiger partial charge in [-0.05, 0) is 18.4 Å². The molecule has 0 aromatic rings. The number of ether oxygens (including phenoxy) is 1. The Hall–Kier alpha value is -0.610. The minimum atomic E-state index is 0.0208. The average Bonchev–Trinajstić information content (AvgIpc) is 2.87. The number of carbonyl (C=O) groups excluding carboxylic acids is 1. The van der Waals surface area contributed by atoms with E-state index in [1.54, 1.807) is 0 Å². The Bertz CT molecular complexity index is 273. The van der Waals surface area contributed by atoms with Gasteiger partial charge in [-0.15, -0.1) is 0 Å². The van der Waals surface area contributed by atoms with Crippen LogP contribution in [0, 0.1) is 17.8 Å². The molecule has 4 unspecified atom stereocenters. The van der Waals surface area contributed by atoms with Crippen LogP contribution in [0.15, 0.2) is 0 Å². The predicted molar refractivity (Wildman–Crippen MR) is 66.7 cm³/mol. The highest BCUT2D eigenvalue weighted by molar-refractivity contribution is 5.80. The van der Waals surface area contributed by atoms with Crippen LogP contribution in [0.5, 0.6) is 0 Å². The number of rotatable bonds is 3. The minimum Gasteiger partial charge on any atom is -0.379 e. The van der Waals surface area contributed by atoms with Crippen LogP contribution in [0.3, 0.4) is 0 Å². The molecule has 4 atom stereocenters. The molecule has 2 aliphatic heterocycles. The summed E-state index contributed by atoms with van der Waals surface area (Å²) in [5.41, 5.74) is 0. The van der Waals surface area contributed by atoms with E-state index in [4.69, 9.17) is 4.74 Å². The van der Waals surface area contributed by atoms with Crippen molar-refractivity contribution in [3.63, 3.8) is 0 Å². The summed E-state index contributed by atoms with van der Waals surface area (Å²) in [6.07, 6.45) is 0. The van der Waals surface area contributed by atoms with Crippen LogP contribution in [0.2, 0.25) is 0 Å². The first-order valence-corrected chi connectivity index (χ1v) is 6.73. The standard InChI is InChI=1S/C13H24N2O2/c1-4-14-12-8-17-7-11(12)13(16)15-5-9(2)10(3)6-15/h9-12,14H,4-8H2,1-3H3. The summed E-state index contributed by atoms with van der Waals surface area (Å²) < 4.78 is 5.45. The summed E-state index contributed by atoms with van der Waals surface area (Å²) in [6.45, 7) is 10.5. The van der Waals surface area contributed by atoms with Crippen LogP contribution in [0.25, 0.3) is 0 Å². The highest BCUT2D eigenvalue weighted by atomic mass is 16.5. The third-order valence-corrected chi connectivity index (χ3v) is 4.16. The number of carbonyl (C=O) groups is 1. The number of likely N-dealkylation sites (N-methyl/N-ethyl adjacent to an activating group) is 1. The SMILES string of the molecule is CCNC1COCC1C(=O)N1CC(C)C(C)C1. The molecule has 0 saturated carbocycles. The smallest absolute Gasteiger partial charge is 0.229 e. The van der Waals surface area contributed by atoms with Gasteiger partial charge in [-0.3, -0.25) is 4.79 Å². The van der Waals surface area contributed by atoms with Gasteiger partial charge in [-0.2, -0.15) is 0 Å². The molecular weight excluding hydrogens is 216 g/mol. The molecule has 0 radical (unpaired) electrons. The quantitative estimate of drug-likeness (QED) is 0.790. The summed E-state index contributed by atoms with van der Waals surface area (Å²) >= 11 is 0. The number of hydrogen-bond donors (Lipinski definition) is 1. The van der Waals surface area contributed by atoms with Crippen LogP contribution < -0.4 is 5.32 Å². The van der Waals surface area contributed by atoms with Crippen LogP contribution in [-0.4, -0.2) is 49.7 Å². The van der Waals surface area contributed by atoms with E-state index in [1.165, 1.54) is 0 Å². The number of hydrogen-bond acceptors (Lipinski definition) is 3. The first kappa shape index (κ1) is 12.8. The topological polar surface area (TPSA) is 41.6 Å². The number of likely N-dealkylation sites (tertiary alicyclic amines) is 1. The third kappa shape index (κ3) is 2.63. The second-order valence-electron chi connectivity index (χ2n) is 5.51. The maximum absolute atomic E-state index is 12.4. The van der Waals surface area contributed by atoms with Crippen molar-refractivity contribution in [3.8, 4) is 0 Å². The lowest BCUT2D eigenvalue weighted by atomic mass is 10.0. The summed E-state index contributed by atoms with van der Waals surface area (Å²) in [5.74, 6) is 1.55. The van der Waals surface area contributed by atoms with Crippen molar-refractivity contribution in [2.75, 3.05) is 32.8 Å². The molecule has 98 valence electrons. The maximum atomic E-state index is 12.4. The van der Waals surface area contributed by atoms with E-state index < -0.39 is 0 Å². The lowest BCUT2D eigenvalue weighted by Gasteiger charge is -2.24. The molecule has 0 bridgehead atoms. The van der Waals surface area contributed by atoms with Gasteiger partial charge in [0.25, 0.3) is 0 Å². The Morgan fingerprint density at radius 3 is 2.53 bits per heavy atom. The van der Waals surface area contributed by atoms with Gasteiger partial charge < -0.3 is 15.0 Å². The second-order valence-corrected chi connectivity index (χ2v) is 5.51. The van der Waals surface area contributed by atoms with E-state index in [2.05, 4.69) is 26.1 Å². The van der Waals surface area contributed by atoms with Crippen molar-refractivity contribution in [1.82, 2.24) is 10.2 Å². The molecule has 0 spiro atoms. The number of nitrogens with zero attached hydrogens (tertiary/aromatic N) is 1. The molecule has 0 aromatic heterocycles. The molecule has 1 N–H and O–H groups in total. The molecule has 2 rings (SSSR count). The van der Waals surface area contributed by atoms with E-state index >= 15 is 0 Å². The molecule has 2 aliphatic rings. The van der Waals surface area contributed by atoms with Gasteiger partial charge >= 0.3 is 0 Å². The summed E-state index contributed by atoms with van der Waals surface area (Å²) in [7, 11) is 0. The van der Waals surface area contributed by atoms with Gasteiger partial charge in [0.2, 0.25) is 5.91 Å². The molecule has 2 fully saturated rings. The Morgan fingerprint density at radius 2 is 1.94 bits per heavy atom. The molecule has 0 aliphatic carbocycles. The van der Waals surface area contributed by atoms with Crippen molar-refractivity contribution in [2.24, 2.45) is 17.8 Å². The number of nitrogens with one attached hydrogen (secondary N) is 1. The largest absolute Gasteiger partial charge is 0.379 e. The number of amides is 1. The second kappa shape index (κ2) is 5.36. The Labute approximate surface area is 104 Å². The van der Waals surface area contributed by atoms with Gasteiger partial charge in [0.15, 0.2) is 0 Å². The van der Waals surface area contributed by atoms with Gasteiger partial charge in [0, 0.05) is 19.1 Å². The molecule has 17 heavy (non-hydrogen) atoms. The molecule has 4 heteroatoms. The normalized spacial score (nSPS) is 37.7. The fraction of sp³-hybridized carbons (Fsp3) is 0.923. The zero-order valence-electron chi connectivity index (χ0n) is 11.1. The van der Waals surface area contributed by atoms with Crippen LogP contribution >= 0.6 is 0 Å². The lowest BCUT2D eigenvalue weighted by molar-refractivity contribution is -0.135. The molecule has 2 saturated heterocycles. The first-order chi connectivity index (χ1) is 8.13. The molecular formula is C13H24N2O2. The molecule has 0 aromatic carbocycles. The van der Waals surface area contributed by atoms with Gasteiger partial charge in [-0.25, -0.2) is 0 Å². The highest BCUT2D eigenvalue weighted by Gasteiger charge is 2.39. The van der Waals surface area contributed by atoms with E-state index in [0.29, 0.717) is 25.0 Å². The highest BCUT2D eigenvalue weighted by Crippen LogP contribution is 2.25. The minimum absolute atomic E-state index is 0.0208. The van der Waals surface area contributed by atoms with Crippen LogP contribution in [-0.2, 0) is 9.53 Å². The van der Waals surface area contributed by atoms with E-state index in [1.807, 2.05) is 4.90 Å². The van der Waals surface area contributed by atoms with Crippen molar-refractivity contribution >= 4 is 5.91 Å².